The predicted molar refractivity (Wildman–Crippen MR) is 83.1 cm³/mol. The van der Waals surface area contributed by atoms with Gasteiger partial charge in [-0.25, -0.2) is 4.39 Å². The largest absolute Gasteiger partial charge is 0.488 e. The van der Waals surface area contributed by atoms with Crippen LogP contribution >= 0.6 is 0 Å². The van der Waals surface area contributed by atoms with Gasteiger partial charge in [0.2, 0.25) is 0 Å². The highest BCUT2D eigenvalue weighted by molar-refractivity contribution is 5.69. The van der Waals surface area contributed by atoms with Crippen LogP contribution in [0.15, 0.2) is 12.1 Å². The first-order chi connectivity index (χ1) is 9.97. The van der Waals surface area contributed by atoms with E-state index in [0.29, 0.717) is 11.4 Å². The summed E-state index contributed by atoms with van der Waals surface area (Å²) in [7, 11) is 0. The van der Waals surface area contributed by atoms with Crippen LogP contribution in [0.25, 0.3) is 0 Å². The smallest absolute Gasteiger partial charge is 0.167 e. The van der Waals surface area contributed by atoms with Gasteiger partial charge in [-0.05, 0) is 26.7 Å². The maximum Gasteiger partial charge on any atom is 0.167 e. The van der Waals surface area contributed by atoms with Crippen molar-refractivity contribution in [2.24, 2.45) is 0 Å². The monoisotopic (exact) mass is 296 g/mol. The zero-order valence-electron chi connectivity index (χ0n) is 12.7. The molecule has 1 aliphatic carbocycles. The fourth-order valence-electron chi connectivity index (χ4n) is 2.69. The lowest BCUT2D eigenvalue weighted by molar-refractivity contribution is 0.144. The highest BCUT2D eigenvalue weighted by Crippen LogP contribution is 2.31. The molecule has 0 bridgehead atoms. The van der Waals surface area contributed by atoms with E-state index in [-0.39, 0.29) is 17.9 Å². The summed E-state index contributed by atoms with van der Waals surface area (Å²) < 4.78 is 19.3. The normalized spacial score (nSPS) is 22.9. The van der Waals surface area contributed by atoms with Crippen molar-refractivity contribution < 1.29 is 14.2 Å². The Morgan fingerprint density at radius 3 is 2.71 bits per heavy atom. The van der Waals surface area contributed by atoms with E-state index in [9.17, 15) is 9.50 Å². The van der Waals surface area contributed by atoms with Gasteiger partial charge in [-0.2, -0.15) is 0 Å². The van der Waals surface area contributed by atoms with Crippen molar-refractivity contribution in [3.8, 4) is 5.75 Å². The number of halogens is 1. The SMILES string of the molecule is CC(C)Oc1cc(NC2CCCCCC2O)c(N)cc1F. The average Bonchev–Trinajstić information content (AvgIpc) is 2.60. The van der Waals surface area contributed by atoms with Crippen LogP contribution in [0.1, 0.15) is 46.0 Å². The van der Waals surface area contributed by atoms with Gasteiger partial charge in [-0.15, -0.1) is 0 Å². The van der Waals surface area contributed by atoms with Crippen molar-refractivity contribution in [1.82, 2.24) is 0 Å². The number of rotatable bonds is 4. The van der Waals surface area contributed by atoms with Gasteiger partial charge in [0, 0.05) is 12.1 Å². The minimum atomic E-state index is -0.465. The molecule has 1 aromatic rings. The molecule has 2 rings (SSSR count). The van der Waals surface area contributed by atoms with E-state index in [2.05, 4.69) is 5.32 Å². The first kappa shape index (κ1) is 15.9. The number of benzene rings is 1. The molecule has 0 aliphatic heterocycles. The molecule has 0 amide bonds. The fourth-order valence-corrected chi connectivity index (χ4v) is 2.69. The Balaban J connectivity index is 2.18. The molecule has 21 heavy (non-hydrogen) atoms. The molecule has 2 atom stereocenters. The molecule has 0 heterocycles. The van der Waals surface area contributed by atoms with Crippen molar-refractivity contribution in [2.75, 3.05) is 11.1 Å². The Hall–Kier alpha value is -1.49. The van der Waals surface area contributed by atoms with Gasteiger partial charge in [0.05, 0.1) is 29.6 Å². The number of nitrogen functional groups attached to an aromatic ring is 1. The van der Waals surface area contributed by atoms with Crippen molar-refractivity contribution in [3.63, 3.8) is 0 Å². The first-order valence-corrected chi connectivity index (χ1v) is 7.67. The standard InChI is InChI=1S/C16H25FN2O2/c1-10(2)21-16-9-14(12(18)8-11(16)17)19-13-6-4-3-5-7-15(13)20/h8-10,13,15,19-20H,3-7,18H2,1-2H3. The number of anilines is 2. The number of aliphatic hydroxyl groups excluding tert-OH is 1. The Labute approximate surface area is 125 Å². The Bertz CT molecular complexity index is 480. The summed E-state index contributed by atoms with van der Waals surface area (Å²) in [5.74, 6) is -0.280. The second kappa shape index (κ2) is 6.98. The fraction of sp³-hybridized carbons (Fsp3) is 0.625. The van der Waals surface area contributed by atoms with E-state index in [0.717, 1.165) is 32.1 Å². The summed E-state index contributed by atoms with van der Waals surface area (Å²) in [5, 5.41) is 13.4. The minimum Gasteiger partial charge on any atom is -0.488 e. The molecule has 1 aliphatic rings. The van der Waals surface area contributed by atoms with Crippen molar-refractivity contribution in [1.29, 1.82) is 0 Å². The van der Waals surface area contributed by atoms with Gasteiger partial charge in [-0.1, -0.05) is 19.3 Å². The van der Waals surface area contributed by atoms with Crippen LogP contribution in [0.5, 0.6) is 5.75 Å². The lowest BCUT2D eigenvalue weighted by Crippen LogP contribution is -2.32. The van der Waals surface area contributed by atoms with Gasteiger partial charge < -0.3 is 20.9 Å². The van der Waals surface area contributed by atoms with Crippen LogP contribution in [0.3, 0.4) is 0 Å². The number of hydrogen-bond acceptors (Lipinski definition) is 4. The van der Waals surface area contributed by atoms with Gasteiger partial charge in [0.15, 0.2) is 11.6 Å². The zero-order valence-corrected chi connectivity index (χ0v) is 12.7. The van der Waals surface area contributed by atoms with Crippen molar-refractivity contribution >= 4 is 11.4 Å². The predicted octanol–water partition coefficient (Wildman–Crippen LogP) is 3.30. The lowest BCUT2D eigenvalue weighted by atomic mass is 10.1. The van der Waals surface area contributed by atoms with Crippen molar-refractivity contribution in [3.05, 3.63) is 17.9 Å². The Morgan fingerprint density at radius 2 is 2.00 bits per heavy atom. The molecule has 2 unspecified atom stereocenters. The summed E-state index contributed by atoms with van der Waals surface area (Å²) in [6.07, 6.45) is 4.42. The van der Waals surface area contributed by atoms with E-state index in [1.807, 2.05) is 13.8 Å². The molecule has 1 fully saturated rings. The third kappa shape index (κ3) is 4.24. The number of aliphatic hydroxyl groups is 1. The lowest BCUT2D eigenvalue weighted by Gasteiger charge is -2.24. The summed E-state index contributed by atoms with van der Waals surface area (Å²) >= 11 is 0. The Kier molecular flexibility index (Phi) is 5.28. The third-order valence-corrected chi connectivity index (χ3v) is 3.79. The average molecular weight is 296 g/mol. The van der Waals surface area contributed by atoms with Crippen LogP contribution in [-0.4, -0.2) is 23.4 Å². The van der Waals surface area contributed by atoms with Gasteiger partial charge in [0.25, 0.3) is 0 Å². The summed E-state index contributed by atoms with van der Waals surface area (Å²) in [5.41, 5.74) is 6.84. The van der Waals surface area contributed by atoms with Crippen molar-refractivity contribution in [2.45, 2.75) is 64.2 Å². The van der Waals surface area contributed by atoms with Crippen LogP contribution in [0.2, 0.25) is 0 Å². The Morgan fingerprint density at radius 1 is 1.29 bits per heavy atom. The number of nitrogens with two attached hydrogens (primary N) is 1. The highest BCUT2D eigenvalue weighted by atomic mass is 19.1. The maximum absolute atomic E-state index is 13.8. The molecule has 4 nitrogen and oxygen atoms in total. The third-order valence-electron chi connectivity index (χ3n) is 3.79. The molecule has 1 aromatic carbocycles. The molecule has 1 saturated carbocycles. The van der Waals surface area contributed by atoms with E-state index < -0.39 is 11.9 Å². The molecule has 0 spiro atoms. The van der Waals surface area contributed by atoms with E-state index in [4.69, 9.17) is 10.5 Å². The number of hydrogen-bond donors (Lipinski definition) is 3. The maximum atomic E-state index is 13.8. The summed E-state index contributed by atoms with van der Waals surface area (Å²) in [6.45, 7) is 3.69. The van der Waals surface area contributed by atoms with Gasteiger partial charge >= 0.3 is 0 Å². The number of ether oxygens (including phenoxy) is 1. The van der Waals surface area contributed by atoms with E-state index in [1.54, 1.807) is 6.07 Å². The second-order valence-corrected chi connectivity index (χ2v) is 5.99. The van der Waals surface area contributed by atoms with Crippen LogP contribution in [0.4, 0.5) is 15.8 Å². The molecule has 4 N–H and O–H groups in total. The molecule has 0 saturated heterocycles. The van der Waals surface area contributed by atoms with Gasteiger partial charge in [-0.3, -0.25) is 0 Å². The van der Waals surface area contributed by atoms with Gasteiger partial charge in [0.1, 0.15) is 0 Å². The quantitative estimate of drug-likeness (QED) is 0.589. The number of nitrogens with one attached hydrogen (secondary N) is 1. The molecular formula is C16H25FN2O2. The van der Waals surface area contributed by atoms with E-state index in [1.165, 1.54) is 6.07 Å². The molecule has 5 heteroatoms. The van der Waals surface area contributed by atoms with E-state index >= 15 is 0 Å². The second-order valence-electron chi connectivity index (χ2n) is 5.99. The highest BCUT2D eigenvalue weighted by Gasteiger charge is 2.22. The zero-order chi connectivity index (χ0) is 15.4. The summed E-state index contributed by atoms with van der Waals surface area (Å²) in [6, 6.07) is 2.80. The minimum absolute atomic E-state index is 0.0489. The van der Waals surface area contributed by atoms with Crippen LogP contribution in [-0.2, 0) is 0 Å². The van der Waals surface area contributed by atoms with Crippen LogP contribution in [0, 0.1) is 5.82 Å². The summed E-state index contributed by atoms with van der Waals surface area (Å²) in [4.78, 5) is 0. The molecule has 0 radical (unpaired) electrons. The molecular weight excluding hydrogens is 271 g/mol. The van der Waals surface area contributed by atoms with Crippen LogP contribution < -0.4 is 15.8 Å². The first-order valence-electron chi connectivity index (χ1n) is 7.67. The molecule has 0 aromatic heterocycles. The topological polar surface area (TPSA) is 67.5 Å². The molecule has 118 valence electrons.